The van der Waals surface area contributed by atoms with E-state index in [1.165, 1.54) is 17.7 Å². The number of rotatable bonds is 9. The van der Waals surface area contributed by atoms with Crippen LogP contribution in [0.1, 0.15) is 42.9 Å². The van der Waals surface area contributed by atoms with E-state index in [0.29, 0.717) is 5.75 Å². The van der Waals surface area contributed by atoms with Gasteiger partial charge in [-0.2, -0.15) is 0 Å². The molecule has 1 aliphatic rings. The first-order chi connectivity index (χ1) is 18.5. The maximum absolute atomic E-state index is 13.2. The molecule has 0 aliphatic carbocycles. The van der Waals surface area contributed by atoms with Gasteiger partial charge in [0.15, 0.2) is 0 Å². The number of methoxy groups -OCH3 is 1. The van der Waals surface area contributed by atoms with Crippen molar-refractivity contribution in [2.24, 2.45) is 5.92 Å². The molecule has 2 atom stereocenters. The third kappa shape index (κ3) is 5.73. The predicted octanol–water partition coefficient (Wildman–Crippen LogP) is 8.51. The highest BCUT2D eigenvalue weighted by Gasteiger charge is 2.40. The number of thiocarbonyl (C=S) groups is 1. The van der Waals surface area contributed by atoms with E-state index >= 15 is 0 Å². The van der Waals surface area contributed by atoms with E-state index in [1.54, 1.807) is 13.2 Å². The minimum Gasteiger partial charge on any atom is -0.507 e. The summed E-state index contributed by atoms with van der Waals surface area (Å²) in [5, 5.41) is 11.0. The number of halogens is 1. The highest BCUT2D eigenvalue weighted by Crippen LogP contribution is 2.47. The Kier molecular flexibility index (Phi) is 8.04. The lowest BCUT2D eigenvalue weighted by atomic mass is 9.88. The first-order valence-electron chi connectivity index (χ1n) is 13.1. The molecule has 0 bridgehead atoms. The lowest BCUT2D eigenvalue weighted by Gasteiger charge is -2.31. The summed E-state index contributed by atoms with van der Waals surface area (Å²) in [6.07, 6.45) is 4.74. The Hall–Kier alpha value is -3.70. The number of benzene rings is 4. The molecule has 4 aromatic carbocycles. The predicted molar refractivity (Wildman–Crippen MR) is 156 cm³/mol. The number of aromatic hydroxyl groups is 1. The van der Waals surface area contributed by atoms with Gasteiger partial charge in [0.05, 0.1) is 18.1 Å². The van der Waals surface area contributed by atoms with Crippen molar-refractivity contribution in [2.45, 2.75) is 38.1 Å². The number of ether oxygens (including phenoxy) is 1. The zero-order valence-electron chi connectivity index (χ0n) is 21.5. The topological polar surface area (TPSA) is 32.7 Å². The summed E-state index contributed by atoms with van der Waals surface area (Å²) < 4.78 is 18.6. The molecule has 194 valence electrons. The molecule has 1 aliphatic heterocycles. The molecule has 3 nitrogen and oxygen atoms in total. The monoisotopic (exact) mass is 525 g/mol. The Morgan fingerprint density at radius 1 is 0.895 bits per heavy atom. The molecule has 0 saturated carbocycles. The van der Waals surface area contributed by atoms with Gasteiger partial charge in [-0.25, -0.2) is 4.39 Å². The molecule has 1 saturated heterocycles. The van der Waals surface area contributed by atoms with E-state index in [-0.39, 0.29) is 23.5 Å². The van der Waals surface area contributed by atoms with Crippen LogP contribution in [0, 0.1) is 11.7 Å². The second-order valence-corrected chi connectivity index (χ2v) is 10.4. The normalized spacial score (nSPS) is 17.1. The summed E-state index contributed by atoms with van der Waals surface area (Å²) in [5.41, 5.74) is 5.37. The highest BCUT2D eigenvalue weighted by atomic mass is 32.1. The Bertz CT molecular complexity index is 1370. The fourth-order valence-corrected chi connectivity index (χ4v) is 5.92. The highest BCUT2D eigenvalue weighted by molar-refractivity contribution is 7.80. The van der Waals surface area contributed by atoms with Crippen LogP contribution in [0.15, 0.2) is 97.1 Å². The minimum atomic E-state index is -0.202. The molecule has 0 radical (unpaired) electrons. The van der Waals surface area contributed by atoms with Gasteiger partial charge in [-0.1, -0.05) is 73.2 Å². The maximum Gasteiger partial charge on any atom is 0.124 e. The van der Waals surface area contributed by atoms with Gasteiger partial charge in [-0.05, 0) is 78.3 Å². The van der Waals surface area contributed by atoms with Crippen molar-refractivity contribution in [1.82, 2.24) is 0 Å². The Balaban J connectivity index is 1.38. The summed E-state index contributed by atoms with van der Waals surface area (Å²) in [4.78, 5) is 3.11. The second kappa shape index (κ2) is 11.8. The number of nitrogens with zero attached hydrogens (tertiary/aromatic N) is 1. The number of unbranched alkanes of at least 4 members (excludes halogenated alkanes) is 1. The smallest absolute Gasteiger partial charge is 0.124 e. The first kappa shape index (κ1) is 25.9. The lowest BCUT2D eigenvalue weighted by Crippen LogP contribution is -2.28. The lowest BCUT2D eigenvalue weighted by molar-refractivity contribution is 0.393. The number of aryl methyl sites for hydroxylation is 1. The summed E-state index contributed by atoms with van der Waals surface area (Å²) in [7, 11) is 1.60. The van der Waals surface area contributed by atoms with Crippen molar-refractivity contribution in [1.29, 1.82) is 0 Å². The number of phenolic OH excluding ortho intramolecular Hbond substituents is 1. The SMILES string of the molecule is COc1ccc([C@@H]2[C@@H](CCCCc3ccc(F)cc3)CC(=S)N2c2ccc(-c3ccccc3)cc2)c(O)c1. The molecule has 1 N–H and O–H groups in total. The number of hydrogen-bond donors (Lipinski definition) is 1. The van der Waals surface area contributed by atoms with Gasteiger partial charge >= 0.3 is 0 Å². The van der Waals surface area contributed by atoms with E-state index in [2.05, 4.69) is 41.3 Å². The van der Waals surface area contributed by atoms with Crippen LogP contribution >= 0.6 is 12.2 Å². The van der Waals surface area contributed by atoms with Gasteiger partial charge in [0.25, 0.3) is 0 Å². The van der Waals surface area contributed by atoms with E-state index < -0.39 is 0 Å². The molecule has 0 aromatic heterocycles. The van der Waals surface area contributed by atoms with Crippen LogP contribution in [-0.2, 0) is 6.42 Å². The van der Waals surface area contributed by atoms with Crippen LogP contribution < -0.4 is 9.64 Å². The van der Waals surface area contributed by atoms with E-state index in [1.807, 2.05) is 42.5 Å². The summed E-state index contributed by atoms with van der Waals surface area (Å²) in [6.45, 7) is 0. The van der Waals surface area contributed by atoms with Crippen molar-refractivity contribution < 1.29 is 14.2 Å². The summed E-state index contributed by atoms with van der Waals surface area (Å²) >= 11 is 5.95. The van der Waals surface area contributed by atoms with Crippen LogP contribution in [0.3, 0.4) is 0 Å². The number of hydrogen-bond acceptors (Lipinski definition) is 3. The molecular weight excluding hydrogens is 493 g/mol. The standard InChI is InChI=1S/C33H32FNO2S/c1-37-29-19-20-30(31(36)22-29)33-26(10-6-5-7-23-11-15-27(34)16-12-23)21-32(38)35(33)28-17-13-25(14-18-28)24-8-3-2-4-9-24/h2-4,8-9,11-20,22,26,33,36H,5-7,10,21H2,1H3/t26-,33-/m0/s1. The van der Waals surface area contributed by atoms with Crippen LogP contribution in [0.4, 0.5) is 10.1 Å². The summed E-state index contributed by atoms with van der Waals surface area (Å²) in [6, 6.07) is 31.1. The minimum absolute atomic E-state index is 0.0678. The molecule has 0 spiro atoms. The van der Waals surface area contributed by atoms with Crippen LogP contribution in [0.2, 0.25) is 0 Å². The van der Waals surface area contributed by atoms with Crippen molar-refractivity contribution in [3.63, 3.8) is 0 Å². The van der Waals surface area contributed by atoms with Crippen molar-refractivity contribution in [2.75, 3.05) is 12.0 Å². The fraction of sp³-hybridized carbons (Fsp3) is 0.242. The Morgan fingerprint density at radius 3 is 2.29 bits per heavy atom. The summed E-state index contributed by atoms with van der Waals surface area (Å²) in [5.74, 6) is 0.916. The quantitative estimate of drug-likeness (QED) is 0.175. The van der Waals surface area contributed by atoms with Gasteiger partial charge in [-0.3, -0.25) is 0 Å². The van der Waals surface area contributed by atoms with E-state index in [9.17, 15) is 9.50 Å². The molecule has 1 heterocycles. The molecule has 0 unspecified atom stereocenters. The second-order valence-electron chi connectivity index (χ2n) is 9.88. The van der Waals surface area contributed by atoms with Crippen LogP contribution in [-0.4, -0.2) is 17.2 Å². The van der Waals surface area contributed by atoms with Crippen LogP contribution in [0.5, 0.6) is 11.5 Å². The zero-order chi connectivity index (χ0) is 26.5. The maximum atomic E-state index is 13.2. The van der Waals surface area contributed by atoms with Gasteiger partial charge in [0.1, 0.15) is 17.3 Å². The molecule has 1 fully saturated rings. The largest absolute Gasteiger partial charge is 0.507 e. The third-order valence-electron chi connectivity index (χ3n) is 7.44. The van der Waals surface area contributed by atoms with Gasteiger partial charge in [0, 0.05) is 23.7 Å². The zero-order valence-corrected chi connectivity index (χ0v) is 22.3. The van der Waals surface area contributed by atoms with E-state index in [0.717, 1.165) is 59.5 Å². The molecule has 38 heavy (non-hydrogen) atoms. The third-order valence-corrected chi connectivity index (χ3v) is 7.81. The molecule has 5 heteroatoms. The van der Waals surface area contributed by atoms with Crippen molar-refractivity contribution in [3.05, 3.63) is 114 Å². The Morgan fingerprint density at radius 2 is 1.61 bits per heavy atom. The average molecular weight is 526 g/mol. The van der Waals surface area contributed by atoms with Gasteiger partial charge in [-0.15, -0.1) is 0 Å². The van der Waals surface area contributed by atoms with E-state index in [4.69, 9.17) is 17.0 Å². The van der Waals surface area contributed by atoms with Crippen molar-refractivity contribution in [3.8, 4) is 22.6 Å². The molecule has 0 amide bonds. The van der Waals surface area contributed by atoms with Crippen molar-refractivity contribution >= 4 is 22.9 Å². The van der Waals surface area contributed by atoms with Crippen LogP contribution in [0.25, 0.3) is 11.1 Å². The van der Waals surface area contributed by atoms with Gasteiger partial charge in [0.2, 0.25) is 0 Å². The average Bonchev–Trinajstić information content (AvgIpc) is 3.27. The molecule has 5 rings (SSSR count). The number of anilines is 1. The Labute approximate surface area is 229 Å². The van der Waals surface area contributed by atoms with Gasteiger partial charge < -0.3 is 14.7 Å². The molecular formula is C33H32FNO2S. The fourth-order valence-electron chi connectivity index (χ4n) is 5.49. The number of phenols is 1. The molecule has 4 aromatic rings. The first-order valence-corrected chi connectivity index (χ1v) is 13.5.